The predicted molar refractivity (Wildman–Crippen MR) is 137 cm³/mol. The van der Waals surface area contributed by atoms with Crippen LogP contribution >= 0.6 is 23.2 Å². The number of carbonyl (C=O) groups excluding carboxylic acids is 2. The van der Waals surface area contributed by atoms with Gasteiger partial charge in [0.1, 0.15) is 11.8 Å². The van der Waals surface area contributed by atoms with Crippen molar-refractivity contribution in [1.29, 1.82) is 0 Å². The number of carbonyl (C=O) groups is 2. The summed E-state index contributed by atoms with van der Waals surface area (Å²) < 4.78 is 10.7. The zero-order valence-corrected chi connectivity index (χ0v) is 21.7. The maximum absolute atomic E-state index is 13.4. The minimum atomic E-state index is -0.736. The van der Waals surface area contributed by atoms with Gasteiger partial charge in [0.2, 0.25) is 11.7 Å². The number of nitro groups is 1. The van der Waals surface area contributed by atoms with E-state index in [4.69, 9.17) is 32.7 Å². The van der Waals surface area contributed by atoms with Crippen LogP contribution in [-0.2, 0) is 16.1 Å². The Kier molecular flexibility index (Phi) is 9.78. The number of halogens is 2. The molecule has 0 heterocycles. The predicted octanol–water partition coefficient (Wildman–Crippen LogP) is 5.16. The molecule has 1 aliphatic carbocycles. The summed E-state index contributed by atoms with van der Waals surface area (Å²) in [7, 11) is 1.31. The third kappa shape index (κ3) is 7.01. The topological polar surface area (TPSA) is 111 Å². The molecular formula is C25H29Cl2N3O6. The van der Waals surface area contributed by atoms with Crippen LogP contribution in [0.4, 0.5) is 5.69 Å². The van der Waals surface area contributed by atoms with Gasteiger partial charge in [0.25, 0.3) is 5.91 Å². The highest BCUT2D eigenvalue weighted by Crippen LogP contribution is 2.31. The van der Waals surface area contributed by atoms with Crippen LogP contribution in [0.15, 0.2) is 36.4 Å². The first-order valence-corrected chi connectivity index (χ1v) is 12.5. The zero-order chi connectivity index (χ0) is 26.2. The molecule has 0 radical (unpaired) electrons. The highest BCUT2D eigenvalue weighted by atomic mass is 35.5. The van der Waals surface area contributed by atoms with Gasteiger partial charge in [0, 0.05) is 34.8 Å². The molecule has 1 saturated carbocycles. The quantitative estimate of drug-likeness (QED) is 0.313. The lowest BCUT2D eigenvalue weighted by Crippen LogP contribution is -2.52. The maximum Gasteiger partial charge on any atom is 0.311 e. The van der Waals surface area contributed by atoms with Crippen LogP contribution in [-0.4, -0.2) is 47.4 Å². The molecule has 1 atom stereocenters. The monoisotopic (exact) mass is 537 g/mol. The first-order valence-electron chi connectivity index (χ1n) is 11.7. The summed E-state index contributed by atoms with van der Waals surface area (Å²) in [6, 6.07) is 8.31. The maximum atomic E-state index is 13.4. The third-order valence-electron chi connectivity index (χ3n) is 6.15. The number of benzene rings is 2. The molecule has 194 valence electrons. The standard InChI is InChI=1S/C25H29Cl2N3O6/c1-3-21(25(32)28-18-6-4-5-7-18)29(14-16-8-9-17(26)12-20(16)27)24(31)15-36-19-10-11-22(30(33)34)23(13-19)35-2/h8-13,18,21H,3-7,14-15H2,1-2H3,(H,28,32)/t21-/m1/s1. The Balaban J connectivity index is 1.81. The van der Waals surface area contributed by atoms with Crippen LogP contribution in [0.25, 0.3) is 0 Å². The summed E-state index contributed by atoms with van der Waals surface area (Å²) >= 11 is 12.4. The molecule has 36 heavy (non-hydrogen) atoms. The highest BCUT2D eigenvalue weighted by molar-refractivity contribution is 6.35. The molecule has 11 heteroatoms. The van der Waals surface area contributed by atoms with Crippen molar-refractivity contribution >= 4 is 40.7 Å². The minimum Gasteiger partial charge on any atom is -0.490 e. The van der Waals surface area contributed by atoms with Crippen LogP contribution in [0, 0.1) is 10.1 Å². The Hall–Kier alpha value is -3.04. The number of ether oxygens (including phenoxy) is 2. The van der Waals surface area contributed by atoms with Crippen molar-refractivity contribution in [1.82, 2.24) is 10.2 Å². The molecule has 2 aromatic carbocycles. The molecular weight excluding hydrogens is 509 g/mol. The molecule has 0 aliphatic heterocycles. The summed E-state index contributed by atoms with van der Waals surface area (Å²) in [5, 5.41) is 15.0. The average Bonchev–Trinajstić information content (AvgIpc) is 3.36. The van der Waals surface area contributed by atoms with E-state index in [1.807, 2.05) is 6.92 Å². The molecule has 0 spiro atoms. The Bertz CT molecular complexity index is 1110. The van der Waals surface area contributed by atoms with Crippen molar-refractivity contribution in [2.24, 2.45) is 0 Å². The molecule has 0 bridgehead atoms. The van der Waals surface area contributed by atoms with E-state index in [1.54, 1.807) is 18.2 Å². The Labute approximate surface area is 219 Å². The number of amides is 2. The lowest BCUT2D eigenvalue weighted by atomic mass is 10.1. The van der Waals surface area contributed by atoms with E-state index in [2.05, 4.69) is 5.32 Å². The van der Waals surface area contributed by atoms with E-state index in [9.17, 15) is 19.7 Å². The number of hydrogen-bond acceptors (Lipinski definition) is 6. The molecule has 1 fully saturated rings. The first kappa shape index (κ1) is 27.5. The van der Waals surface area contributed by atoms with Gasteiger partial charge in [-0.1, -0.05) is 49.0 Å². The number of methoxy groups -OCH3 is 1. The fraction of sp³-hybridized carbons (Fsp3) is 0.440. The Morgan fingerprint density at radius 3 is 2.53 bits per heavy atom. The van der Waals surface area contributed by atoms with Crippen LogP contribution in [0.5, 0.6) is 11.5 Å². The van der Waals surface area contributed by atoms with Crippen LogP contribution in [0.2, 0.25) is 10.0 Å². The Morgan fingerprint density at radius 2 is 1.92 bits per heavy atom. The van der Waals surface area contributed by atoms with Gasteiger partial charge in [-0.3, -0.25) is 19.7 Å². The van der Waals surface area contributed by atoms with E-state index in [1.165, 1.54) is 30.2 Å². The molecule has 1 N–H and O–H groups in total. The number of nitro benzene ring substituents is 1. The fourth-order valence-electron chi connectivity index (χ4n) is 4.25. The molecule has 0 aromatic heterocycles. The van der Waals surface area contributed by atoms with E-state index < -0.39 is 16.9 Å². The largest absolute Gasteiger partial charge is 0.490 e. The first-order chi connectivity index (χ1) is 17.2. The van der Waals surface area contributed by atoms with Gasteiger partial charge in [-0.05, 0) is 43.0 Å². The molecule has 0 unspecified atom stereocenters. The number of nitrogens with one attached hydrogen (secondary N) is 1. The lowest BCUT2D eigenvalue weighted by Gasteiger charge is -2.31. The zero-order valence-electron chi connectivity index (χ0n) is 20.2. The summed E-state index contributed by atoms with van der Waals surface area (Å²) in [5.41, 5.74) is 0.420. The SMILES string of the molecule is CC[C@H](C(=O)NC1CCCC1)N(Cc1ccc(Cl)cc1Cl)C(=O)COc1ccc([N+](=O)[O-])c(OC)c1. The second kappa shape index (κ2) is 12.8. The average molecular weight is 538 g/mol. The van der Waals surface area contributed by atoms with E-state index >= 15 is 0 Å². The van der Waals surface area contributed by atoms with E-state index in [0.29, 0.717) is 22.0 Å². The van der Waals surface area contributed by atoms with Crippen molar-refractivity contribution in [2.75, 3.05) is 13.7 Å². The van der Waals surface area contributed by atoms with Gasteiger partial charge < -0.3 is 19.7 Å². The molecule has 1 aliphatic rings. The smallest absolute Gasteiger partial charge is 0.311 e. The van der Waals surface area contributed by atoms with Gasteiger partial charge in [-0.25, -0.2) is 0 Å². The van der Waals surface area contributed by atoms with Crippen molar-refractivity contribution in [3.8, 4) is 11.5 Å². The summed E-state index contributed by atoms with van der Waals surface area (Å²) in [6.45, 7) is 1.53. The molecule has 3 rings (SSSR count). The van der Waals surface area contributed by atoms with E-state index in [0.717, 1.165) is 25.7 Å². The van der Waals surface area contributed by atoms with Gasteiger partial charge in [-0.2, -0.15) is 0 Å². The molecule has 0 saturated heterocycles. The molecule has 2 amide bonds. The van der Waals surface area contributed by atoms with Gasteiger partial charge in [0.05, 0.1) is 12.0 Å². The minimum absolute atomic E-state index is 0.0112. The van der Waals surface area contributed by atoms with Crippen molar-refractivity contribution in [2.45, 2.75) is 57.7 Å². The summed E-state index contributed by atoms with van der Waals surface area (Å²) in [6.07, 6.45) is 4.36. The Morgan fingerprint density at radius 1 is 1.19 bits per heavy atom. The number of nitrogens with zero attached hydrogens (tertiary/aromatic N) is 2. The second-order valence-corrected chi connectivity index (χ2v) is 9.39. The summed E-state index contributed by atoms with van der Waals surface area (Å²) in [5.74, 6) is -0.428. The number of hydrogen-bond donors (Lipinski definition) is 1. The summed E-state index contributed by atoms with van der Waals surface area (Å²) in [4.78, 5) is 38.6. The van der Waals surface area contributed by atoms with Crippen molar-refractivity contribution in [3.05, 3.63) is 62.1 Å². The van der Waals surface area contributed by atoms with Crippen molar-refractivity contribution < 1.29 is 24.0 Å². The van der Waals surface area contributed by atoms with Gasteiger partial charge >= 0.3 is 5.69 Å². The second-order valence-electron chi connectivity index (χ2n) is 8.55. The van der Waals surface area contributed by atoms with Crippen LogP contribution in [0.1, 0.15) is 44.6 Å². The molecule has 2 aromatic rings. The highest BCUT2D eigenvalue weighted by Gasteiger charge is 2.31. The third-order valence-corrected chi connectivity index (χ3v) is 6.74. The van der Waals surface area contributed by atoms with Crippen LogP contribution < -0.4 is 14.8 Å². The van der Waals surface area contributed by atoms with Crippen LogP contribution in [0.3, 0.4) is 0 Å². The lowest BCUT2D eigenvalue weighted by molar-refractivity contribution is -0.385. The fourth-order valence-corrected chi connectivity index (χ4v) is 4.72. The van der Waals surface area contributed by atoms with Gasteiger partial charge in [0.15, 0.2) is 6.61 Å². The normalized spacial score (nSPS) is 14.2. The van der Waals surface area contributed by atoms with E-state index in [-0.39, 0.29) is 42.3 Å². The van der Waals surface area contributed by atoms with Crippen molar-refractivity contribution in [3.63, 3.8) is 0 Å². The number of rotatable bonds is 11. The molecule has 9 nitrogen and oxygen atoms in total. The van der Waals surface area contributed by atoms with Gasteiger partial charge in [-0.15, -0.1) is 0 Å².